The first-order chi connectivity index (χ1) is 10.2. The molecule has 0 bridgehead atoms. The molecule has 21 heavy (non-hydrogen) atoms. The largest absolute Gasteiger partial charge is 0.496 e. The normalized spacial score (nSPS) is 10.2. The summed E-state index contributed by atoms with van der Waals surface area (Å²) in [4.78, 5) is 13.2. The summed E-state index contributed by atoms with van der Waals surface area (Å²) in [7, 11) is 1.65. The van der Waals surface area contributed by atoms with E-state index in [1.54, 1.807) is 13.2 Å². The molecular formula is C18H21NO2. The van der Waals surface area contributed by atoms with E-state index < -0.39 is 0 Å². The number of hydrogen-bond donors (Lipinski definition) is 0. The predicted molar refractivity (Wildman–Crippen MR) is 86.3 cm³/mol. The van der Waals surface area contributed by atoms with Crippen molar-refractivity contribution in [2.45, 2.75) is 20.4 Å². The second-order valence-corrected chi connectivity index (χ2v) is 5.04. The molecule has 0 spiro atoms. The Labute approximate surface area is 126 Å². The van der Waals surface area contributed by atoms with E-state index >= 15 is 0 Å². The zero-order valence-electron chi connectivity index (χ0n) is 12.8. The monoisotopic (exact) mass is 283 g/mol. The summed E-state index contributed by atoms with van der Waals surface area (Å²) in [5.74, 6) is 0.811. The highest BCUT2D eigenvalue weighted by atomic mass is 16.5. The average Bonchev–Trinajstić information content (AvgIpc) is 2.53. The fraction of sp³-hybridized carbons (Fsp3) is 0.278. The first-order valence-electron chi connectivity index (χ1n) is 7.11. The topological polar surface area (TPSA) is 29.5 Å². The first kappa shape index (κ1) is 15.1. The molecule has 0 aliphatic rings. The van der Waals surface area contributed by atoms with Crippen LogP contribution in [-0.2, 0) is 6.54 Å². The van der Waals surface area contributed by atoms with Gasteiger partial charge >= 0.3 is 0 Å². The lowest BCUT2D eigenvalue weighted by Gasteiger charge is -2.24. The molecule has 0 atom stereocenters. The summed E-state index contributed by atoms with van der Waals surface area (Å²) in [6.07, 6.45) is 0.866. The van der Waals surface area contributed by atoms with Crippen molar-refractivity contribution in [2.75, 3.05) is 18.6 Å². The SMILES string of the molecule is CCN(Cc1cc(C=O)ccc1OC)c1ccc(C)cc1. The van der Waals surface area contributed by atoms with Gasteiger partial charge in [0, 0.05) is 29.9 Å². The molecule has 0 aromatic heterocycles. The smallest absolute Gasteiger partial charge is 0.150 e. The summed E-state index contributed by atoms with van der Waals surface area (Å²) < 4.78 is 5.40. The van der Waals surface area contributed by atoms with Gasteiger partial charge in [0.25, 0.3) is 0 Å². The molecule has 0 saturated heterocycles. The maximum atomic E-state index is 11.0. The summed E-state index contributed by atoms with van der Waals surface area (Å²) in [5, 5.41) is 0. The molecule has 0 amide bonds. The van der Waals surface area contributed by atoms with Gasteiger partial charge in [0.15, 0.2) is 0 Å². The van der Waals surface area contributed by atoms with Crippen LogP contribution in [0.15, 0.2) is 42.5 Å². The highest BCUT2D eigenvalue weighted by Gasteiger charge is 2.10. The van der Waals surface area contributed by atoms with Crippen molar-refractivity contribution >= 4 is 12.0 Å². The number of methoxy groups -OCH3 is 1. The average molecular weight is 283 g/mol. The molecule has 0 unspecified atom stereocenters. The van der Waals surface area contributed by atoms with Gasteiger partial charge in [0.2, 0.25) is 0 Å². The summed E-state index contributed by atoms with van der Waals surface area (Å²) in [6, 6.07) is 14.0. The van der Waals surface area contributed by atoms with Crippen molar-refractivity contribution in [1.29, 1.82) is 0 Å². The zero-order valence-corrected chi connectivity index (χ0v) is 12.8. The molecule has 2 aromatic rings. The van der Waals surface area contributed by atoms with Crippen LogP contribution in [0.4, 0.5) is 5.69 Å². The standard InChI is InChI=1S/C18H21NO2/c1-4-19(17-8-5-14(2)6-9-17)12-16-11-15(13-20)7-10-18(16)21-3/h5-11,13H,4,12H2,1-3H3. The van der Waals surface area contributed by atoms with E-state index in [-0.39, 0.29) is 0 Å². The van der Waals surface area contributed by atoms with Crippen LogP contribution in [0, 0.1) is 6.92 Å². The van der Waals surface area contributed by atoms with Crippen molar-refractivity contribution in [3.8, 4) is 5.75 Å². The van der Waals surface area contributed by atoms with Crippen molar-refractivity contribution in [3.05, 3.63) is 59.2 Å². The number of aldehydes is 1. The number of benzene rings is 2. The molecule has 0 heterocycles. The lowest BCUT2D eigenvalue weighted by Crippen LogP contribution is -2.22. The number of carbonyl (C=O) groups is 1. The molecule has 0 aliphatic carbocycles. The molecule has 0 fully saturated rings. The van der Waals surface area contributed by atoms with Crippen LogP contribution < -0.4 is 9.64 Å². The Morgan fingerprint density at radius 2 is 1.86 bits per heavy atom. The number of aryl methyl sites for hydroxylation is 1. The van der Waals surface area contributed by atoms with Crippen LogP contribution in [-0.4, -0.2) is 19.9 Å². The quantitative estimate of drug-likeness (QED) is 0.754. The van der Waals surface area contributed by atoms with E-state index in [4.69, 9.17) is 4.74 Å². The van der Waals surface area contributed by atoms with Crippen LogP contribution >= 0.6 is 0 Å². The molecule has 0 aliphatic heterocycles. The van der Waals surface area contributed by atoms with Gasteiger partial charge in [0.1, 0.15) is 12.0 Å². The van der Waals surface area contributed by atoms with E-state index in [1.807, 2.05) is 12.1 Å². The van der Waals surface area contributed by atoms with Crippen LogP contribution in [0.5, 0.6) is 5.75 Å². The van der Waals surface area contributed by atoms with Crippen LogP contribution in [0.25, 0.3) is 0 Å². The molecule has 2 aromatic carbocycles. The van der Waals surface area contributed by atoms with E-state index in [0.717, 1.165) is 24.1 Å². The zero-order chi connectivity index (χ0) is 15.2. The molecule has 0 radical (unpaired) electrons. The number of ether oxygens (including phenoxy) is 1. The van der Waals surface area contributed by atoms with Gasteiger partial charge < -0.3 is 9.64 Å². The van der Waals surface area contributed by atoms with Gasteiger partial charge in [-0.2, -0.15) is 0 Å². The van der Waals surface area contributed by atoms with Crippen LogP contribution in [0.2, 0.25) is 0 Å². The minimum absolute atomic E-state index is 0.672. The number of nitrogens with zero attached hydrogens (tertiary/aromatic N) is 1. The Morgan fingerprint density at radius 1 is 1.14 bits per heavy atom. The highest BCUT2D eigenvalue weighted by molar-refractivity contribution is 5.75. The summed E-state index contributed by atoms with van der Waals surface area (Å²) >= 11 is 0. The van der Waals surface area contributed by atoms with Gasteiger partial charge in [0.05, 0.1) is 7.11 Å². The molecule has 2 rings (SSSR count). The van der Waals surface area contributed by atoms with Gasteiger partial charge in [-0.25, -0.2) is 0 Å². The van der Waals surface area contributed by atoms with Crippen molar-refractivity contribution in [2.24, 2.45) is 0 Å². The van der Waals surface area contributed by atoms with Gasteiger partial charge in [-0.15, -0.1) is 0 Å². The third-order valence-corrected chi connectivity index (χ3v) is 3.58. The van der Waals surface area contributed by atoms with Crippen molar-refractivity contribution in [1.82, 2.24) is 0 Å². The van der Waals surface area contributed by atoms with E-state index in [2.05, 4.69) is 43.0 Å². The number of carbonyl (C=O) groups excluding carboxylic acids is 1. The van der Waals surface area contributed by atoms with E-state index in [0.29, 0.717) is 12.1 Å². The van der Waals surface area contributed by atoms with Crippen LogP contribution in [0.3, 0.4) is 0 Å². The van der Waals surface area contributed by atoms with Crippen molar-refractivity contribution in [3.63, 3.8) is 0 Å². The second-order valence-electron chi connectivity index (χ2n) is 5.04. The number of rotatable bonds is 6. The Hall–Kier alpha value is -2.29. The Bertz CT molecular complexity index is 605. The highest BCUT2D eigenvalue weighted by Crippen LogP contribution is 2.24. The van der Waals surface area contributed by atoms with Gasteiger partial charge in [-0.05, 0) is 44.2 Å². The van der Waals surface area contributed by atoms with Gasteiger partial charge in [-0.1, -0.05) is 17.7 Å². The fourth-order valence-electron chi connectivity index (χ4n) is 2.34. The Balaban J connectivity index is 2.29. The second kappa shape index (κ2) is 6.93. The Morgan fingerprint density at radius 3 is 2.43 bits per heavy atom. The lowest BCUT2D eigenvalue weighted by molar-refractivity contribution is 0.112. The molecule has 3 heteroatoms. The first-order valence-corrected chi connectivity index (χ1v) is 7.11. The molecule has 0 N–H and O–H groups in total. The maximum absolute atomic E-state index is 11.0. The van der Waals surface area contributed by atoms with E-state index in [1.165, 1.54) is 11.3 Å². The lowest BCUT2D eigenvalue weighted by atomic mass is 10.1. The minimum atomic E-state index is 0.672. The third kappa shape index (κ3) is 3.63. The van der Waals surface area contributed by atoms with Gasteiger partial charge in [-0.3, -0.25) is 4.79 Å². The molecule has 0 saturated carbocycles. The van der Waals surface area contributed by atoms with Crippen LogP contribution in [0.1, 0.15) is 28.4 Å². The van der Waals surface area contributed by atoms with E-state index in [9.17, 15) is 4.79 Å². The summed E-state index contributed by atoms with van der Waals surface area (Å²) in [5.41, 5.74) is 4.10. The molecule has 110 valence electrons. The Kier molecular flexibility index (Phi) is 4.99. The number of hydrogen-bond acceptors (Lipinski definition) is 3. The molecule has 3 nitrogen and oxygen atoms in total. The minimum Gasteiger partial charge on any atom is -0.496 e. The van der Waals surface area contributed by atoms with Crippen molar-refractivity contribution < 1.29 is 9.53 Å². The molecular weight excluding hydrogens is 262 g/mol. The maximum Gasteiger partial charge on any atom is 0.150 e. The predicted octanol–water partition coefficient (Wildman–Crippen LogP) is 3.84. The summed E-state index contributed by atoms with van der Waals surface area (Å²) in [6.45, 7) is 5.80. The number of anilines is 1. The fourth-order valence-corrected chi connectivity index (χ4v) is 2.34. The third-order valence-electron chi connectivity index (χ3n) is 3.58.